The van der Waals surface area contributed by atoms with Gasteiger partial charge in [-0.1, -0.05) is 26.7 Å². The van der Waals surface area contributed by atoms with Gasteiger partial charge in [-0.25, -0.2) is 11.0 Å². The largest absolute Gasteiger partial charge is 0.317 e. The molecule has 0 aliphatic rings. The van der Waals surface area contributed by atoms with Crippen LogP contribution in [-0.2, 0) is 0 Å². The lowest BCUT2D eigenvalue weighted by atomic mass is 9.94. The second-order valence-corrected chi connectivity index (χ2v) is 4.21. The van der Waals surface area contributed by atoms with Crippen molar-refractivity contribution in [3.8, 4) is 0 Å². The molecule has 0 fully saturated rings. The molecule has 4 nitrogen and oxygen atoms in total. The standard InChI is InChI=1S/C11H26N2O2/c1-3-5-10(9-12-14)7-8-11(13-15)6-4-2/h10-15H,3-9H2,1-2H3/t10-,11?/m1/s1. The summed E-state index contributed by atoms with van der Waals surface area (Å²) >= 11 is 0. The third kappa shape index (κ3) is 7.73. The molecule has 0 aliphatic carbocycles. The maximum Gasteiger partial charge on any atom is 0.0319 e. The van der Waals surface area contributed by atoms with Crippen molar-refractivity contribution < 1.29 is 10.4 Å². The third-order valence-electron chi connectivity index (χ3n) is 2.82. The van der Waals surface area contributed by atoms with Crippen molar-refractivity contribution in [2.45, 2.75) is 58.4 Å². The Hall–Kier alpha value is -0.160. The highest BCUT2D eigenvalue weighted by Gasteiger charge is 2.11. The highest BCUT2D eigenvalue weighted by molar-refractivity contribution is 4.67. The first kappa shape index (κ1) is 14.8. The van der Waals surface area contributed by atoms with E-state index in [1.165, 1.54) is 0 Å². The smallest absolute Gasteiger partial charge is 0.0319 e. The monoisotopic (exact) mass is 218 g/mol. The van der Waals surface area contributed by atoms with Crippen molar-refractivity contribution in [2.24, 2.45) is 5.92 Å². The highest BCUT2D eigenvalue weighted by Crippen LogP contribution is 2.15. The summed E-state index contributed by atoms with van der Waals surface area (Å²) in [5, 5.41) is 17.6. The molecule has 0 radical (unpaired) electrons. The fourth-order valence-electron chi connectivity index (χ4n) is 1.94. The Morgan fingerprint density at radius 3 is 2.07 bits per heavy atom. The van der Waals surface area contributed by atoms with E-state index in [4.69, 9.17) is 10.4 Å². The summed E-state index contributed by atoms with van der Waals surface area (Å²) in [6.45, 7) is 4.92. The summed E-state index contributed by atoms with van der Waals surface area (Å²) in [6.07, 6.45) is 6.35. The minimum atomic E-state index is 0.202. The Labute approximate surface area is 93.0 Å². The van der Waals surface area contributed by atoms with Crippen molar-refractivity contribution in [2.75, 3.05) is 6.54 Å². The van der Waals surface area contributed by atoms with E-state index in [9.17, 15) is 0 Å². The Balaban J connectivity index is 3.73. The van der Waals surface area contributed by atoms with Gasteiger partial charge in [0.2, 0.25) is 0 Å². The molecule has 0 heterocycles. The topological polar surface area (TPSA) is 64.5 Å². The number of nitrogens with one attached hydrogen (secondary N) is 2. The lowest BCUT2D eigenvalue weighted by molar-refractivity contribution is 0.107. The lowest BCUT2D eigenvalue weighted by Gasteiger charge is -2.19. The molecular weight excluding hydrogens is 192 g/mol. The minimum absolute atomic E-state index is 0.202. The number of rotatable bonds is 10. The fraction of sp³-hybridized carbons (Fsp3) is 1.00. The molecule has 0 amide bonds. The van der Waals surface area contributed by atoms with Gasteiger partial charge in [0.05, 0.1) is 0 Å². The normalized spacial score (nSPS) is 15.2. The molecule has 1 unspecified atom stereocenters. The molecule has 0 aromatic rings. The first-order chi connectivity index (χ1) is 7.28. The lowest BCUT2D eigenvalue weighted by Crippen LogP contribution is -2.28. The summed E-state index contributed by atoms with van der Waals surface area (Å²) in [5.74, 6) is 0.507. The van der Waals surface area contributed by atoms with Gasteiger partial charge in [0.1, 0.15) is 0 Å². The second-order valence-electron chi connectivity index (χ2n) is 4.21. The maximum absolute atomic E-state index is 8.91. The zero-order valence-electron chi connectivity index (χ0n) is 10.00. The Morgan fingerprint density at radius 2 is 1.60 bits per heavy atom. The number of hydroxylamine groups is 2. The van der Waals surface area contributed by atoms with Crippen molar-refractivity contribution in [3.05, 3.63) is 0 Å². The maximum atomic E-state index is 8.91. The van der Waals surface area contributed by atoms with E-state index in [1.54, 1.807) is 0 Å². The van der Waals surface area contributed by atoms with Gasteiger partial charge < -0.3 is 10.4 Å². The van der Waals surface area contributed by atoms with Gasteiger partial charge in [-0.15, -0.1) is 0 Å². The van der Waals surface area contributed by atoms with E-state index in [0.717, 1.165) is 38.5 Å². The quantitative estimate of drug-likeness (QED) is 0.425. The zero-order chi connectivity index (χ0) is 11.5. The van der Waals surface area contributed by atoms with Crippen LogP contribution in [-0.4, -0.2) is 23.0 Å². The summed E-state index contributed by atoms with van der Waals surface area (Å²) < 4.78 is 0. The molecule has 15 heavy (non-hydrogen) atoms. The third-order valence-corrected chi connectivity index (χ3v) is 2.82. The number of hydrogen-bond acceptors (Lipinski definition) is 4. The van der Waals surface area contributed by atoms with Crippen molar-refractivity contribution in [1.29, 1.82) is 0 Å². The van der Waals surface area contributed by atoms with Crippen molar-refractivity contribution >= 4 is 0 Å². The molecule has 0 aromatic carbocycles. The van der Waals surface area contributed by atoms with Crippen molar-refractivity contribution in [1.82, 2.24) is 11.0 Å². The van der Waals surface area contributed by atoms with E-state index >= 15 is 0 Å². The molecular formula is C11H26N2O2. The summed E-state index contributed by atoms with van der Waals surface area (Å²) in [5.41, 5.74) is 4.60. The first-order valence-electron chi connectivity index (χ1n) is 6.04. The fourth-order valence-corrected chi connectivity index (χ4v) is 1.94. The van der Waals surface area contributed by atoms with Crippen LogP contribution in [0.25, 0.3) is 0 Å². The molecule has 4 N–H and O–H groups in total. The Morgan fingerprint density at radius 1 is 0.933 bits per heavy atom. The van der Waals surface area contributed by atoms with Crippen LogP contribution < -0.4 is 11.0 Å². The average Bonchev–Trinajstić information content (AvgIpc) is 2.24. The van der Waals surface area contributed by atoms with Crippen LogP contribution in [0.4, 0.5) is 0 Å². The summed E-state index contributed by atoms with van der Waals surface area (Å²) in [4.78, 5) is 0. The highest BCUT2D eigenvalue weighted by atomic mass is 16.5. The zero-order valence-corrected chi connectivity index (χ0v) is 10.00. The van der Waals surface area contributed by atoms with Crippen LogP contribution in [0.5, 0.6) is 0 Å². The van der Waals surface area contributed by atoms with E-state index in [1.807, 2.05) is 0 Å². The van der Waals surface area contributed by atoms with Gasteiger partial charge in [-0.2, -0.15) is 0 Å². The predicted molar refractivity (Wildman–Crippen MR) is 61.0 cm³/mol. The Kier molecular flexibility index (Phi) is 10.3. The molecule has 0 saturated carbocycles. The summed E-state index contributed by atoms with van der Waals surface area (Å²) in [6, 6.07) is 0.202. The van der Waals surface area contributed by atoms with Crippen molar-refractivity contribution in [3.63, 3.8) is 0 Å². The molecule has 2 atom stereocenters. The summed E-state index contributed by atoms with van der Waals surface area (Å²) in [7, 11) is 0. The average molecular weight is 218 g/mol. The van der Waals surface area contributed by atoms with Gasteiger partial charge in [0.15, 0.2) is 0 Å². The van der Waals surface area contributed by atoms with Gasteiger partial charge >= 0.3 is 0 Å². The van der Waals surface area contributed by atoms with Crippen LogP contribution >= 0.6 is 0 Å². The first-order valence-corrected chi connectivity index (χ1v) is 6.04. The van der Waals surface area contributed by atoms with Gasteiger partial charge in [-0.3, -0.25) is 0 Å². The second kappa shape index (κ2) is 10.4. The van der Waals surface area contributed by atoms with E-state index < -0.39 is 0 Å². The molecule has 0 rings (SSSR count). The van der Waals surface area contributed by atoms with Gasteiger partial charge in [0, 0.05) is 12.6 Å². The number of hydrogen-bond donors (Lipinski definition) is 4. The molecule has 4 heteroatoms. The SMILES string of the molecule is CCCC(CC[C@@H](CCC)CNO)NO. The van der Waals surface area contributed by atoms with Crippen LogP contribution in [0.3, 0.4) is 0 Å². The molecule has 0 aliphatic heterocycles. The Bertz CT molecular complexity index is 128. The minimum Gasteiger partial charge on any atom is -0.317 e. The van der Waals surface area contributed by atoms with Crippen LogP contribution in [0.2, 0.25) is 0 Å². The van der Waals surface area contributed by atoms with Gasteiger partial charge in [-0.05, 0) is 31.6 Å². The predicted octanol–water partition coefficient (Wildman–Crippen LogP) is 2.31. The molecule has 0 spiro atoms. The van der Waals surface area contributed by atoms with E-state index in [-0.39, 0.29) is 6.04 Å². The van der Waals surface area contributed by atoms with E-state index in [0.29, 0.717) is 12.5 Å². The van der Waals surface area contributed by atoms with Crippen LogP contribution in [0.1, 0.15) is 52.4 Å². The van der Waals surface area contributed by atoms with Crippen LogP contribution in [0, 0.1) is 5.92 Å². The van der Waals surface area contributed by atoms with Gasteiger partial charge in [0.25, 0.3) is 0 Å². The molecule has 0 saturated heterocycles. The van der Waals surface area contributed by atoms with Crippen LogP contribution in [0.15, 0.2) is 0 Å². The molecule has 0 bridgehead atoms. The molecule has 92 valence electrons. The molecule has 0 aromatic heterocycles. The van der Waals surface area contributed by atoms with E-state index in [2.05, 4.69) is 24.8 Å².